The van der Waals surface area contributed by atoms with E-state index in [4.69, 9.17) is 0 Å². The van der Waals surface area contributed by atoms with Gasteiger partial charge in [-0.15, -0.1) is 0 Å². The number of sulfonamides is 1. The molecule has 0 radical (unpaired) electrons. The zero-order valence-corrected chi connectivity index (χ0v) is 13.7. The molecule has 7 heteroatoms. The monoisotopic (exact) mass is 302 g/mol. The summed E-state index contributed by atoms with van der Waals surface area (Å²) in [4.78, 5) is 0.263. The molecule has 1 heterocycles. The highest BCUT2D eigenvalue weighted by Gasteiger charge is 2.26. The summed E-state index contributed by atoms with van der Waals surface area (Å²) in [5.41, 5.74) is 0. The third kappa shape index (κ3) is 4.29. The molecule has 0 fully saturated rings. The Balaban J connectivity index is 2.77. The predicted octanol–water partition coefficient (Wildman–Crippen LogP) is 1.30. The van der Waals surface area contributed by atoms with E-state index in [1.165, 1.54) is 10.5 Å². The minimum Gasteiger partial charge on any atom is -0.315 e. The van der Waals surface area contributed by atoms with Gasteiger partial charge in [0.1, 0.15) is 4.90 Å². The van der Waals surface area contributed by atoms with E-state index >= 15 is 0 Å². The van der Waals surface area contributed by atoms with Crippen molar-refractivity contribution in [2.24, 2.45) is 0 Å². The molecule has 0 aliphatic carbocycles. The lowest BCUT2D eigenvalue weighted by Crippen LogP contribution is -2.34. The van der Waals surface area contributed by atoms with Crippen LogP contribution in [0, 0.1) is 0 Å². The van der Waals surface area contributed by atoms with E-state index < -0.39 is 10.0 Å². The van der Waals surface area contributed by atoms with Crippen LogP contribution in [0.4, 0.5) is 0 Å². The lowest BCUT2D eigenvalue weighted by Gasteiger charge is -2.23. The van der Waals surface area contributed by atoms with Gasteiger partial charge in [-0.3, -0.25) is 4.68 Å². The van der Waals surface area contributed by atoms with E-state index in [1.807, 2.05) is 13.8 Å². The van der Waals surface area contributed by atoms with Crippen molar-refractivity contribution in [3.8, 4) is 0 Å². The second kappa shape index (κ2) is 7.75. The number of likely N-dealkylation sites (N-methyl/N-ethyl adjacent to an activating group) is 1. The zero-order chi connectivity index (χ0) is 15.2. The van der Waals surface area contributed by atoms with E-state index in [9.17, 15) is 8.42 Å². The lowest BCUT2D eigenvalue weighted by atomic mass is 10.2. The largest absolute Gasteiger partial charge is 0.315 e. The Hall–Kier alpha value is -0.920. The average Bonchev–Trinajstić information content (AvgIpc) is 2.88. The van der Waals surface area contributed by atoms with E-state index in [0.29, 0.717) is 6.54 Å². The quantitative estimate of drug-likeness (QED) is 0.698. The van der Waals surface area contributed by atoms with Gasteiger partial charge in [0.15, 0.2) is 0 Å². The Kier molecular flexibility index (Phi) is 6.64. The molecule has 0 spiro atoms. The molecule has 0 saturated carbocycles. The molecule has 1 aromatic heterocycles. The smallest absolute Gasteiger partial charge is 0.246 e. The molecule has 116 valence electrons. The molecule has 20 heavy (non-hydrogen) atoms. The molecule has 6 nitrogen and oxygen atoms in total. The summed E-state index contributed by atoms with van der Waals surface area (Å²) in [6, 6.07) is -0.00453. The minimum atomic E-state index is -3.44. The fraction of sp³-hybridized carbons (Fsp3) is 0.769. The van der Waals surface area contributed by atoms with Gasteiger partial charge in [0.05, 0.1) is 12.7 Å². The standard InChI is InChI=1S/C13H26N4O2S/c1-5-7-12(3)16(4)20(18,19)13-10-15-17(11-13)9-8-14-6-2/h10-12,14H,5-9H2,1-4H3. The number of hydrogen-bond acceptors (Lipinski definition) is 4. The number of hydrogen-bond donors (Lipinski definition) is 1. The Morgan fingerprint density at radius 2 is 2.15 bits per heavy atom. The summed E-state index contributed by atoms with van der Waals surface area (Å²) < 4.78 is 28.0. The van der Waals surface area contributed by atoms with Crippen LogP contribution in [0.5, 0.6) is 0 Å². The first kappa shape index (κ1) is 17.1. The average molecular weight is 302 g/mol. The van der Waals surface area contributed by atoms with Gasteiger partial charge in [0.25, 0.3) is 0 Å². The van der Waals surface area contributed by atoms with Crippen molar-refractivity contribution in [3.63, 3.8) is 0 Å². The number of aromatic nitrogens is 2. The van der Waals surface area contributed by atoms with Crippen molar-refractivity contribution in [2.75, 3.05) is 20.1 Å². The summed E-state index contributed by atoms with van der Waals surface area (Å²) in [6.45, 7) is 8.34. The zero-order valence-electron chi connectivity index (χ0n) is 12.8. The first-order chi connectivity index (χ1) is 9.43. The molecule has 1 atom stereocenters. The fourth-order valence-corrected chi connectivity index (χ4v) is 3.32. The van der Waals surface area contributed by atoms with E-state index in [1.54, 1.807) is 17.9 Å². The number of rotatable bonds is 9. The minimum absolute atomic E-state index is 0.00453. The van der Waals surface area contributed by atoms with Gasteiger partial charge >= 0.3 is 0 Å². The molecular formula is C13H26N4O2S. The summed E-state index contributed by atoms with van der Waals surface area (Å²) in [5, 5.41) is 7.29. The van der Waals surface area contributed by atoms with Crippen LogP contribution in [-0.4, -0.2) is 48.7 Å². The van der Waals surface area contributed by atoms with Crippen LogP contribution < -0.4 is 5.32 Å². The highest BCUT2D eigenvalue weighted by atomic mass is 32.2. The molecule has 1 N–H and O–H groups in total. The van der Waals surface area contributed by atoms with Gasteiger partial charge in [0.2, 0.25) is 10.0 Å². The maximum absolute atomic E-state index is 12.4. The Morgan fingerprint density at radius 1 is 1.45 bits per heavy atom. The van der Waals surface area contributed by atoms with Crippen LogP contribution in [0.15, 0.2) is 17.3 Å². The molecular weight excluding hydrogens is 276 g/mol. The summed E-state index contributed by atoms with van der Waals surface area (Å²) in [6.07, 6.45) is 4.84. The third-order valence-electron chi connectivity index (χ3n) is 3.38. The topological polar surface area (TPSA) is 67.2 Å². The Morgan fingerprint density at radius 3 is 2.75 bits per heavy atom. The second-order valence-electron chi connectivity index (χ2n) is 4.95. The molecule has 0 bridgehead atoms. The van der Waals surface area contributed by atoms with Gasteiger partial charge in [-0.25, -0.2) is 8.42 Å². The Labute approximate surface area is 122 Å². The number of nitrogens with one attached hydrogen (secondary N) is 1. The first-order valence-electron chi connectivity index (χ1n) is 7.14. The highest BCUT2D eigenvalue weighted by molar-refractivity contribution is 7.89. The SMILES string of the molecule is CCCC(C)N(C)S(=O)(=O)c1cnn(CCNCC)c1. The van der Waals surface area contributed by atoms with Gasteiger partial charge in [-0.1, -0.05) is 20.3 Å². The molecule has 1 aromatic rings. The normalized spacial score (nSPS) is 13.8. The van der Waals surface area contributed by atoms with Crippen LogP contribution in [0.25, 0.3) is 0 Å². The van der Waals surface area contributed by atoms with E-state index in [-0.39, 0.29) is 10.9 Å². The van der Waals surface area contributed by atoms with Crippen molar-refractivity contribution in [1.82, 2.24) is 19.4 Å². The van der Waals surface area contributed by atoms with Gasteiger partial charge < -0.3 is 5.32 Å². The van der Waals surface area contributed by atoms with Gasteiger partial charge in [0, 0.05) is 25.8 Å². The van der Waals surface area contributed by atoms with Crippen LogP contribution in [0.2, 0.25) is 0 Å². The number of nitrogens with zero attached hydrogens (tertiary/aromatic N) is 3. The molecule has 0 aliphatic heterocycles. The van der Waals surface area contributed by atoms with Crippen molar-refractivity contribution in [1.29, 1.82) is 0 Å². The molecule has 0 aliphatic rings. The van der Waals surface area contributed by atoms with Gasteiger partial charge in [-0.2, -0.15) is 9.40 Å². The molecule has 0 amide bonds. The molecule has 0 aromatic carbocycles. The van der Waals surface area contributed by atoms with Crippen molar-refractivity contribution < 1.29 is 8.42 Å². The first-order valence-corrected chi connectivity index (χ1v) is 8.58. The molecule has 1 rings (SSSR count). The van der Waals surface area contributed by atoms with E-state index in [0.717, 1.165) is 25.9 Å². The van der Waals surface area contributed by atoms with Crippen molar-refractivity contribution in [3.05, 3.63) is 12.4 Å². The maximum Gasteiger partial charge on any atom is 0.246 e. The third-order valence-corrected chi connectivity index (χ3v) is 5.31. The van der Waals surface area contributed by atoms with Crippen LogP contribution in [0.1, 0.15) is 33.6 Å². The molecule has 0 saturated heterocycles. The van der Waals surface area contributed by atoms with Crippen LogP contribution in [-0.2, 0) is 16.6 Å². The van der Waals surface area contributed by atoms with E-state index in [2.05, 4.69) is 17.3 Å². The summed E-state index contributed by atoms with van der Waals surface area (Å²) >= 11 is 0. The highest BCUT2D eigenvalue weighted by Crippen LogP contribution is 2.17. The molecule has 1 unspecified atom stereocenters. The van der Waals surface area contributed by atoms with Crippen LogP contribution >= 0.6 is 0 Å². The predicted molar refractivity (Wildman–Crippen MR) is 80.1 cm³/mol. The second-order valence-corrected chi connectivity index (χ2v) is 6.95. The maximum atomic E-state index is 12.4. The lowest BCUT2D eigenvalue weighted by molar-refractivity contribution is 0.368. The fourth-order valence-electron chi connectivity index (χ4n) is 1.97. The van der Waals surface area contributed by atoms with Crippen molar-refractivity contribution >= 4 is 10.0 Å². The van der Waals surface area contributed by atoms with Crippen LogP contribution in [0.3, 0.4) is 0 Å². The van der Waals surface area contributed by atoms with Crippen molar-refractivity contribution in [2.45, 2.75) is 51.1 Å². The Bertz CT molecular complexity index is 498. The summed E-state index contributed by atoms with van der Waals surface area (Å²) in [7, 11) is -1.81. The van der Waals surface area contributed by atoms with Gasteiger partial charge in [-0.05, 0) is 19.9 Å². The summed E-state index contributed by atoms with van der Waals surface area (Å²) in [5.74, 6) is 0.